The molecule has 3 nitrogen and oxygen atoms in total. The van der Waals surface area contributed by atoms with E-state index in [-0.39, 0.29) is 0 Å². The van der Waals surface area contributed by atoms with Gasteiger partial charge in [0.25, 0.3) is 0 Å². The smallest absolute Gasteiger partial charge is 0.0509 e. The van der Waals surface area contributed by atoms with E-state index in [1.54, 1.807) is 0 Å². The standard InChI is InChI=1S/C14H28N2O/c1-16(10-12-5-2-3-6-12)14(9-15)13-7-4-8-17-11-13/h12-14H,2-11,15H2,1H3. The van der Waals surface area contributed by atoms with Gasteiger partial charge in [-0.2, -0.15) is 0 Å². The zero-order valence-electron chi connectivity index (χ0n) is 11.2. The summed E-state index contributed by atoms with van der Waals surface area (Å²) in [5.74, 6) is 1.57. The zero-order chi connectivity index (χ0) is 12.1. The molecule has 0 bridgehead atoms. The van der Waals surface area contributed by atoms with Crippen molar-refractivity contribution in [2.45, 2.75) is 44.6 Å². The highest BCUT2D eigenvalue weighted by molar-refractivity contribution is 4.82. The molecule has 0 spiro atoms. The lowest BCUT2D eigenvalue weighted by Crippen LogP contribution is -2.47. The highest BCUT2D eigenvalue weighted by Gasteiger charge is 2.28. The van der Waals surface area contributed by atoms with Crippen LogP contribution in [0.25, 0.3) is 0 Å². The van der Waals surface area contributed by atoms with Crippen LogP contribution in [-0.2, 0) is 4.74 Å². The zero-order valence-corrected chi connectivity index (χ0v) is 11.2. The van der Waals surface area contributed by atoms with Crippen molar-refractivity contribution in [2.24, 2.45) is 17.6 Å². The van der Waals surface area contributed by atoms with Gasteiger partial charge in [0.2, 0.25) is 0 Å². The molecule has 2 rings (SSSR count). The lowest BCUT2D eigenvalue weighted by Gasteiger charge is -2.37. The van der Waals surface area contributed by atoms with Crippen LogP contribution in [0.5, 0.6) is 0 Å². The van der Waals surface area contributed by atoms with Crippen LogP contribution in [0.1, 0.15) is 38.5 Å². The van der Waals surface area contributed by atoms with Crippen LogP contribution in [0.3, 0.4) is 0 Å². The van der Waals surface area contributed by atoms with Gasteiger partial charge in [-0.05, 0) is 44.6 Å². The Morgan fingerprint density at radius 2 is 2.00 bits per heavy atom. The lowest BCUT2D eigenvalue weighted by atomic mass is 9.92. The summed E-state index contributed by atoms with van der Waals surface area (Å²) >= 11 is 0. The van der Waals surface area contributed by atoms with Gasteiger partial charge in [0.05, 0.1) is 6.61 Å². The van der Waals surface area contributed by atoms with Gasteiger partial charge in [0.15, 0.2) is 0 Å². The SMILES string of the molecule is CN(CC1CCCC1)C(CN)C1CCCOC1. The van der Waals surface area contributed by atoms with Gasteiger partial charge < -0.3 is 15.4 Å². The van der Waals surface area contributed by atoms with Gasteiger partial charge >= 0.3 is 0 Å². The number of hydrogen-bond donors (Lipinski definition) is 1. The molecule has 0 aromatic heterocycles. The maximum absolute atomic E-state index is 5.98. The topological polar surface area (TPSA) is 38.5 Å². The molecule has 3 heteroatoms. The number of rotatable bonds is 5. The molecule has 1 aliphatic heterocycles. The first kappa shape index (κ1) is 13.3. The third-order valence-corrected chi connectivity index (χ3v) is 4.57. The maximum Gasteiger partial charge on any atom is 0.0509 e. The fourth-order valence-corrected chi connectivity index (χ4v) is 3.54. The van der Waals surface area contributed by atoms with Crippen LogP contribution in [0.4, 0.5) is 0 Å². The Labute approximate surface area is 106 Å². The normalized spacial score (nSPS) is 28.8. The van der Waals surface area contributed by atoms with Crippen LogP contribution in [0.15, 0.2) is 0 Å². The number of nitrogens with zero attached hydrogens (tertiary/aromatic N) is 1. The Kier molecular flexibility index (Phi) is 5.26. The Hall–Kier alpha value is -0.120. The van der Waals surface area contributed by atoms with Gasteiger partial charge in [-0.25, -0.2) is 0 Å². The maximum atomic E-state index is 5.98. The minimum Gasteiger partial charge on any atom is -0.381 e. The summed E-state index contributed by atoms with van der Waals surface area (Å²) in [5, 5.41) is 0. The predicted molar refractivity (Wildman–Crippen MR) is 71.0 cm³/mol. The summed E-state index contributed by atoms with van der Waals surface area (Å²) in [6.07, 6.45) is 8.19. The van der Waals surface area contributed by atoms with Gasteiger partial charge in [-0.3, -0.25) is 0 Å². The Bertz CT molecular complexity index is 210. The molecule has 100 valence electrons. The van der Waals surface area contributed by atoms with E-state index >= 15 is 0 Å². The van der Waals surface area contributed by atoms with E-state index in [0.717, 1.165) is 25.7 Å². The number of hydrogen-bond acceptors (Lipinski definition) is 3. The van der Waals surface area contributed by atoms with Crippen LogP contribution in [0, 0.1) is 11.8 Å². The molecule has 2 fully saturated rings. The van der Waals surface area contributed by atoms with Gasteiger partial charge in [-0.15, -0.1) is 0 Å². The summed E-state index contributed by atoms with van der Waals surface area (Å²) in [6.45, 7) is 3.87. The average Bonchev–Trinajstić information content (AvgIpc) is 2.84. The molecule has 17 heavy (non-hydrogen) atoms. The van der Waals surface area contributed by atoms with Crippen molar-refractivity contribution in [2.75, 3.05) is 33.4 Å². The molecule has 1 heterocycles. The van der Waals surface area contributed by atoms with E-state index in [0.29, 0.717) is 12.0 Å². The van der Waals surface area contributed by atoms with Crippen molar-refractivity contribution in [1.29, 1.82) is 0 Å². The van der Waals surface area contributed by atoms with Crippen LogP contribution in [-0.4, -0.2) is 44.3 Å². The van der Waals surface area contributed by atoms with E-state index in [4.69, 9.17) is 10.5 Å². The van der Waals surface area contributed by atoms with E-state index < -0.39 is 0 Å². The fourth-order valence-electron chi connectivity index (χ4n) is 3.54. The minimum atomic E-state index is 0.524. The highest BCUT2D eigenvalue weighted by Crippen LogP contribution is 2.27. The van der Waals surface area contributed by atoms with Crippen LogP contribution in [0.2, 0.25) is 0 Å². The average molecular weight is 240 g/mol. The largest absolute Gasteiger partial charge is 0.381 e. The van der Waals surface area contributed by atoms with Crippen LogP contribution >= 0.6 is 0 Å². The van der Waals surface area contributed by atoms with Crippen molar-refractivity contribution in [1.82, 2.24) is 4.90 Å². The van der Waals surface area contributed by atoms with E-state index in [2.05, 4.69) is 11.9 Å². The molecule has 0 aromatic rings. The monoisotopic (exact) mass is 240 g/mol. The van der Waals surface area contributed by atoms with E-state index in [1.807, 2.05) is 0 Å². The minimum absolute atomic E-state index is 0.524. The third kappa shape index (κ3) is 3.67. The van der Waals surface area contributed by atoms with Gasteiger partial charge in [0.1, 0.15) is 0 Å². The van der Waals surface area contributed by atoms with E-state index in [1.165, 1.54) is 45.1 Å². The van der Waals surface area contributed by atoms with Crippen molar-refractivity contribution >= 4 is 0 Å². The second-order valence-electron chi connectivity index (χ2n) is 5.87. The third-order valence-electron chi connectivity index (χ3n) is 4.57. The molecule has 1 saturated heterocycles. The summed E-state index contributed by atoms with van der Waals surface area (Å²) in [4.78, 5) is 2.51. The van der Waals surface area contributed by atoms with Gasteiger partial charge in [-0.1, -0.05) is 12.8 Å². The molecule has 1 saturated carbocycles. The summed E-state index contributed by atoms with van der Waals surface area (Å²) in [6, 6.07) is 0.524. The molecule has 2 atom stereocenters. The number of ether oxygens (including phenoxy) is 1. The Balaban J connectivity index is 1.82. The van der Waals surface area contributed by atoms with Gasteiger partial charge in [0, 0.05) is 25.7 Å². The fraction of sp³-hybridized carbons (Fsp3) is 1.00. The van der Waals surface area contributed by atoms with Crippen molar-refractivity contribution < 1.29 is 4.74 Å². The lowest BCUT2D eigenvalue weighted by molar-refractivity contribution is 0.0143. The number of likely N-dealkylation sites (N-methyl/N-ethyl adjacent to an activating group) is 1. The molecule has 0 aromatic carbocycles. The molecule has 2 N–H and O–H groups in total. The summed E-state index contributed by atoms with van der Waals surface area (Å²) in [7, 11) is 2.25. The van der Waals surface area contributed by atoms with E-state index in [9.17, 15) is 0 Å². The molecule has 0 radical (unpaired) electrons. The molecular formula is C14H28N2O. The first-order chi connectivity index (χ1) is 8.31. The Morgan fingerprint density at radius 1 is 1.24 bits per heavy atom. The molecule has 2 aliphatic rings. The van der Waals surface area contributed by atoms with Crippen molar-refractivity contribution in [3.05, 3.63) is 0 Å². The summed E-state index contributed by atoms with van der Waals surface area (Å²) < 4.78 is 5.60. The number of nitrogens with two attached hydrogens (primary N) is 1. The first-order valence-electron chi connectivity index (χ1n) is 7.29. The van der Waals surface area contributed by atoms with Crippen molar-refractivity contribution in [3.8, 4) is 0 Å². The highest BCUT2D eigenvalue weighted by atomic mass is 16.5. The first-order valence-corrected chi connectivity index (χ1v) is 7.29. The van der Waals surface area contributed by atoms with Crippen molar-refractivity contribution in [3.63, 3.8) is 0 Å². The second-order valence-corrected chi connectivity index (χ2v) is 5.87. The second kappa shape index (κ2) is 6.72. The molecular weight excluding hydrogens is 212 g/mol. The molecule has 2 unspecified atom stereocenters. The molecule has 1 aliphatic carbocycles. The quantitative estimate of drug-likeness (QED) is 0.797. The predicted octanol–water partition coefficient (Wildman–Crippen LogP) is 1.86. The molecule has 0 amide bonds. The Morgan fingerprint density at radius 3 is 2.59 bits per heavy atom. The van der Waals surface area contributed by atoms with Crippen LogP contribution < -0.4 is 5.73 Å². The summed E-state index contributed by atoms with van der Waals surface area (Å²) in [5.41, 5.74) is 5.98.